The Kier molecular flexibility index (Phi) is 4.32. The minimum absolute atomic E-state index is 0.0577. The number of aryl methyl sites for hydroxylation is 2. The molecule has 0 saturated carbocycles. The van der Waals surface area contributed by atoms with Crippen LogP contribution in [0.1, 0.15) is 21.5 Å². The van der Waals surface area contributed by atoms with Gasteiger partial charge in [0.05, 0.1) is 10.6 Å². The summed E-state index contributed by atoms with van der Waals surface area (Å²) in [4.78, 5) is 12.2. The van der Waals surface area contributed by atoms with E-state index in [1.807, 2.05) is 13.8 Å². The molecule has 128 valence electrons. The molecule has 0 aliphatic carbocycles. The Balaban J connectivity index is 1.88. The maximum Gasteiger partial charge on any atom is 0.265 e. The lowest BCUT2D eigenvalue weighted by Crippen LogP contribution is -2.30. The van der Waals surface area contributed by atoms with Gasteiger partial charge in [0.2, 0.25) is 0 Å². The number of carbonyl (C=O) groups excluding carboxylic acids is 1. The number of hydrogen-bond donors (Lipinski definition) is 1. The lowest BCUT2D eigenvalue weighted by atomic mass is 10.1. The molecule has 2 aromatic carbocycles. The summed E-state index contributed by atoms with van der Waals surface area (Å²) < 4.78 is 28.4. The molecular formula is C16H15N5O3S. The zero-order valence-corrected chi connectivity index (χ0v) is 14.4. The van der Waals surface area contributed by atoms with Gasteiger partial charge in [-0.1, -0.05) is 12.1 Å². The number of amides is 1. The normalized spacial score (nSPS) is 11.3. The van der Waals surface area contributed by atoms with Gasteiger partial charge in [-0.2, -0.15) is 0 Å². The molecule has 0 atom stereocenters. The van der Waals surface area contributed by atoms with Crippen molar-refractivity contribution in [1.82, 2.24) is 24.9 Å². The van der Waals surface area contributed by atoms with Crippen LogP contribution in [0, 0.1) is 13.8 Å². The monoisotopic (exact) mass is 357 g/mol. The highest BCUT2D eigenvalue weighted by Crippen LogP contribution is 2.15. The number of rotatable bonds is 4. The predicted molar refractivity (Wildman–Crippen MR) is 89.7 cm³/mol. The van der Waals surface area contributed by atoms with Crippen molar-refractivity contribution in [3.05, 3.63) is 65.5 Å². The van der Waals surface area contributed by atoms with E-state index in [4.69, 9.17) is 0 Å². The summed E-state index contributed by atoms with van der Waals surface area (Å²) >= 11 is 0. The summed E-state index contributed by atoms with van der Waals surface area (Å²) in [5, 5.41) is 10.7. The average Bonchev–Trinajstić information content (AvgIpc) is 3.11. The molecule has 0 radical (unpaired) electrons. The molecule has 0 bridgehead atoms. The number of carbonyl (C=O) groups is 1. The van der Waals surface area contributed by atoms with Crippen molar-refractivity contribution < 1.29 is 13.2 Å². The molecule has 0 saturated heterocycles. The van der Waals surface area contributed by atoms with Gasteiger partial charge in [0.15, 0.2) is 0 Å². The first-order valence-electron chi connectivity index (χ1n) is 7.35. The van der Waals surface area contributed by atoms with Crippen molar-refractivity contribution in [2.24, 2.45) is 0 Å². The van der Waals surface area contributed by atoms with Gasteiger partial charge in [-0.05, 0) is 65.7 Å². The number of nitrogens with one attached hydrogen (secondary N) is 1. The van der Waals surface area contributed by atoms with Crippen molar-refractivity contribution >= 4 is 15.9 Å². The van der Waals surface area contributed by atoms with E-state index in [-0.39, 0.29) is 10.5 Å². The summed E-state index contributed by atoms with van der Waals surface area (Å²) in [6.07, 6.45) is 1.35. The van der Waals surface area contributed by atoms with Gasteiger partial charge in [0, 0.05) is 5.56 Å². The summed E-state index contributed by atoms with van der Waals surface area (Å²) in [6.45, 7) is 3.77. The van der Waals surface area contributed by atoms with E-state index in [9.17, 15) is 13.2 Å². The topological polar surface area (TPSA) is 107 Å². The molecule has 1 aromatic heterocycles. The van der Waals surface area contributed by atoms with Crippen LogP contribution in [0.4, 0.5) is 0 Å². The van der Waals surface area contributed by atoms with E-state index >= 15 is 0 Å². The Labute approximate surface area is 144 Å². The summed E-state index contributed by atoms with van der Waals surface area (Å²) in [5.74, 6) is -0.684. The minimum atomic E-state index is -4.03. The number of aromatic nitrogens is 4. The number of tetrazole rings is 1. The number of benzene rings is 2. The SMILES string of the molecule is Cc1ccc(C(=O)NS(=O)(=O)c2cccc(-n3cnnn3)c2)cc1C. The molecule has 9 heteroatoms. The van der Waals surface area contributed by atoms with Crippen LogP contribution in [-0.4, -0.2) is 34.5 Å². The molecule has 3 aromatic rings. The first-order chi connectivity index (χ1) is 11.9. The third kappa shape index (κ3) is 3.56. The summed E-state index contributed by atoms with van der Waals surface area (Å²) in [7, 11) is -4.03. The van der Waals surface area contributed by atoms with Crippen molar-refractivity contribution in [1.29, 1.82) is 0 Å². The maximum absolute atomic E-state index is 12.5. The largest absolute Gasteiger partial charge is 0.268 e. The van der Waals surface area contributed by atoms with E-state index in [1.54, 1.807) is 30.3 Å². The highest BCUT2D eigenvalue weighted by atomic mass is 32.2. The molecule has 1 heterocycles. The zero-order chi connectivity index (χ0) is 18.0. The van der Waals surface area contributed by atoms with Crippen molar-refractivity contribution in [3.63, 3.8) is 0 Å². The quantitative estimate of drug-likeness (QED) is 0.756. The molecule has 0 fully saturated rings. The first kappa shape index (κ1) is 16.8. The molecule has 0 aliphatic rings. The van der Waals surface area contributed by atoms with E-state index < -0.39 is 15.9 Å². The Morgan fingerprint density at radius 3 is 2.56 bits per heavy atom. The summed E-state index contributed by atoms with van der Waals surface area (Å²) in [6, 6.07) is 11.0. The fourth-order valence-corrected chi connectivity index (χ4v) is 3.21. The Bertz CT molecular complexity index is 1030. The van der Waals surface area contributed by atoms with Crippen molar-refractivity contribution in [2.45, 2.75) is 18.7 Å². The summed E-state index contributed by atoms with van der Waals surface area (Å²) in [5.41, 5.74) is 2.68. The Hall–Kier alpha value is -3.07. The zero-order valence-electron chi connectivity index (χ0n) is 13.5. The van der Waals surface area contributed by atoms with E-state index in [2.05, 4.69) is 20.2 Å². The minimum Gasteiger partial charge on any atom is -0.268 e. The van der Waals surface area contributed by atoms with Crippen LogP contribution < -0.4 is 4.72 Å². The highest BCUT2D eigenvalue weighted by Gasteiger charge is 2.19. The van der Waals surface area contributed by atoms with Gasteiger partial charge in [0.25, 0.3) is 15.9 Å². The molecule has 25 heavy (non-hydrogen) atoms. The van der Waals surface area contributed by atoms with Gasteiger partial charge < -0.3 is 0 Å². The number of sulfonamides is 1. The Morgan fingerprint density at radius 2 is 1.88 bits per heavy atom. The fourth-order valence-electron chi connectivity index (χ4n) is 2.20. The van der Waals surface area contributed by atoms with Gasteiger partial charge in [-0.15, -0.1) is 5.10 Å². The van der Waals surface area contributed by atoms with Crippen LogP contribution >= 0.6 is 0 Å². The first-order valence-corrected chi connectivity index (χ1v) is 8.83. The lowest BCUT2D eigenvalue weighted by Gasteiger charge is -2.09. The third-order valence-corrected chi connectivity index (χ3v) is 5.07. The molecule has 0 unspecified atom stereocenters. The second kappa shape index (κ2) is 6.44. The molecule has 1 N–H and O–H groups in total. The number of hydrogen-bond acceptors (Lipinski definition) is 6. The highest BCUT2D eigenvalue weighted by molar-refractivity contribution is 7.90. The number of nitrogens with zero attached hydrogens (tertiary/aromatic N) is 4. The Morgan fingerprint density at radius 1 is 1.08 bits per heavy atom. The van der Waals surface area contributed by atoms with Crippen LogP contribution in [0.2, 0.25) is 0 Å². The van der Waals surface area contributed by atoms with Gasteiger partial charge >= 0.3 is 0 Å². The fraction of sp³-hybridized carbons (Fsp3) is 0.125. The third-order valence-electron chi connectivity index (χ3n) is 3.74. The van der Waals surface area contributed by atoms with Crippen LogP contribution in [0.3, 0.4) is 0 Å². The standard InChI is InChI=1S/C16H15N5O3S/c1-11-6-7-13(8-12(11)2)16(22)18-25(23,24)15-5-3-4-14(9-15)21-10-17-19-20-21/h3-10H,1-2H3,(H,18,22). The molecule has 3 rings (SSSR count). The lowest BCUT2D eigenvalue weighted by molar-refractivity contribution is 0.0981. The van der Waals surface area contributed by atoms with E-state index in [1.165, 1.54) is 23.1 Å². The van der Waals surface area contributed by atoms with E-state index in [0.29, 0.717) is 5.69 Å². The van der Waals surface area contributed by atoms with Gasteiger partial charge in [0.1, 0.15) is 6.33 Å². The molecule has 1 amide bonds. The van der Waals surface area contributed by atoms with Crippen LogP contribution in [-0.2, 0) is 10.0 Å². The molecular weight excluding hydrogens is 342 g/mol. The molecule has 0 aliphatic heterocycles. The molecule has 8 nitrogen and oxygen atoms in total. The van der Waals surface area contributed by atoms with E-state index in [0.717, 1.165) is 11.1 Å². The van der Waals surface area contributed by atoms with Gasteiger partial charge in [-0.25, -0.2) is 17.8 Å². The second-order valence-electron chi connectivity index (χ2n) is 5.49. The average molecular weight is 357 g/mol. The smallest absolute Gasteiger partial charge is 0.265 e. The van der Waals surface area contributed by atoms with Crippen molar-refractivity contribution in [3.8, 4) is 5.69 Å². The second-order valence-corrected chi connectivity index (χ2v) is 7.17. The van der Waals surface area contributed by atoms with Crippen LogP contribution in [0.25, 0.3) is 5.69 Å². The van der Waals surface area contributed by atoms with Crippen LogP contribution in [0.5, 0.6) is 0 Å². The van der Waals surface area contributed by atoms with Crippen LogP contribution in [0.15, 0.2) is 53.7 Å². The predicted octanol–water partition coefficient (Wildman–Crippen LogP) is 1.40. The molecule has 0 spiro atoms. The van der Waals surface area contributed by atoms with Crippen molar-refractivity contribution in [2.75, 3.05) is 0 Å². The maximum atomic E-state index is 12.5. The van der Waals surface area contributed by atoms with Gasteiger partial charge in [-0.3, -0.25) is 4.79 Å².